The summed E-state index contributed by atoms with van der Waals surface area (Å²) >= 11 is 1.32. The zero-order valence-electron chi connectivity index (χ0n) is 20.8. The van der Waals surface area contributed by atoms with Gasteiger partial charge in [0, 0.05) is 11.0 Å². The van der Waals surface area contributed by atoms with Crippen LogP contribution in [0.1, 0.15) is 50.4 Å². The average molecular weight is 519 g/mol. The Kier molecular flexibility index (Phi) is 6.31. The van der Waals surface area contributed by atoms with E-state index in [-0.39, 0.29) is 11.8 Å². The van der Waals surface area contributed by atoms with Gasteiger partial charge in [0.2, 0.25) is 0 Å². The fraction of sp³-hybridized carbons (Fsp3) is 0.310. The Hall–Kier alpha value is -3.65. The number of carboxylic acids is 1. The third kappa shape index (κ3) is 5.11. The normalized spacial score (nSPS) is 15.4. The lowest BCUT2D eigenvalue weighted by atomic mass is 9.92. The van der Waals surface area contributed by atoms with Crippen molar-refractivity contribution in [3.05, 3.63) is 83.3 Å². The molecule has 8 heteroatoms. The van der Waals surface area contributed by atoms with Crippen LogP contribution in [-0.4, -0.2) is 32.6 Å². The summed E-state index contributed by atoms with van der Waals surface area (Å²) < 4.78 is 20.4. The molecule has 1 unspecified atom stereocenters. The molecule has 0 bridgehead atoms. The van der Waals surface area contributed by atoms with Gasteiger partial charge in [0.05, 0.1) is 5.69 Å². The van der Waals surface area contributed by atoms with Crippen molar-refractivity contribution in [3.63, 3.8) is 0 Å². The number of fused-ring (bicyclic) bond motifs is 1. The summed E-state index contributed by atoms with van der Waals surface area (Å²) in [5, 5.41) is 10.0. The van der Waals surface area contributed by atoms with Gasteiger partial charge in [-0.25, -0.2) is 14.4 Å². The molecule has 2 aromatic heterocycles. The summed E-state index contributed by atoms with van der Waals surface area (Å²) in [5.41, 5.74) is 2.76. The van der Waals surface area contributed by atoms with Gasteiger partial charge in [-0.1, -0.05) is 47.7 Å². The summed E-state index contributed by atoms with van der Waals surface area (Å²) in [6.45, 7) is 5.00. The van der Waals surface area contributed by atoms with Gasteiger partial charge in [0.1, 0.15) is 26.8 Å². The highest BCUT2D eigenvalue weighted by Crippen LogP contribution is 2.53. The number of hydrogen-bond donors (Lipinski definition) is 1. The molecule has 2 aromatic carbocycles. The van der Waals surface area contributed by atoms with Gasteiger partial charge < -0.3 is 9.84 Å². The Morgan fingerprint density at radius 3 is 2.43 bits per heavy atom. The Morgan fingerprint density at radius 2 is 1.81 bits per heavy atom. The van der Waals surface area contributed by atoms with Crippen molar-refractivity contribution in [1.29, 1.82) is 0 Å². The van der Waals surface area contributed by atoms with Crippen LogP contribution >= 0.6 is 11.3 Å². The van der Waals surface area contributed by atoms with Gasteiger partial charge >= 0.3 is 11.9 Å². The van der Waals surface area contributed by atoms with Crippen molar-refractivity contribution in [2.75, 3.05) is 0 Å². The van der Waals surface area contributed by atoms with Gasteiger partial charge in [-0.2, -0.15) is 0 Å². The monoisotopic (exact) mass is 518 g/mol. The quantitative estimate of drug-likeness (QED) is 0.233. The lowest BCUT2D eigenvalue weighted by molar-refractivity contribution is -0.166. The molecule has 37 heavy (non-hydrogen) atoms. The van der Waals surface area contributed by atoms with Crippen molar-refractivity contribution in [2.24, 2.45) is 5.92 Å². The number of pyridine rings is 1. The summed E-state index contributed by atoms with van der Waals surface area (Å²) in [6, 6.07) is 18.7. The molecule has 0 saturated heterocycles. The molecule has 1 saturated carbocycles. The summed E-state index contributed by atoms with van der Waals surface area (Å²) in [5.74, 6) is -4.11. The highest BCUT2D eigenvalue weighted by molar-refractivity contribution is 7.21. The molecule has 4 aromatic rings. The van der Waals surface area contributed by atoms with Gasteiger partial charge in [0.25, 0.3) is 0 Å². The predicted molar refractivity (Wildman–Crippen MR) is 140 cm³/mol. The number of ether oxygens (including phenoxy) is 1. The SMILES string of the molecule is CC(C)(C)OC(=O)C(Cc1ccc(-c2nc3ccc(C4(c5ccccc5)CC4)nc3s2)c(F)c1)C(=O)O. The first-order valence-corrected chi connectivity index (χ1v) is 13.0. The summed E-state index contributed by atoms with van der Waals surface area (Å²) in [6.07, 6.45) is 1.91. The molecule has 1 atom stereocenters. The molecule has 1 aliphatic carbocycles. The maximum atomic E-state index is 15.2. The Morgan fingerprint density at radius 1 is 1.08 bits per heavy atom. The first-order valence-electron chi connectivity index (χ1n) is 12.1. The number of carbonyl (C=O) groups is 2. The molecule has 0 amide bonds. The number of aliphatic carboxylic acids is 1. The molecule has 6 nitrogen and oxygen atoms in total. The minimum absolute atomic E-state index is 0.0681. The van der Waals surface area contributed by atoms with Crippen LogP contribution in [0.5, 0.6) is 0 Å². The third-order valence-electron chi connectivity index (χ3n) is 6.52. The molecule has 1 fully saturated rings. The van der Waals surface area contributed by atoms with E-state index in [1.165, 1.54) is 23.0 Å². The minimum atomic E-state index is -1.42. The molecule has 1 aliphatic rings. The number of nitrogens with zero attached hydrogens (tertiary/aromatic N) is 2. The molecule has 1 N–H and O–H groups in total. The van der Waals surface area contributed by atoms with Crippen LogP contribution in [0.25, 0.3) is 20.9 Å². The van der Waals surface area contributed by atoms with Crippen LogP contribution in [-0.2, 0) is 26.2 Å². The highest BCUT2D eigenvalue weighted by Gasteiger charge is 2.47. The van der Waals surface area contributed by atoms with E-state index in [0.717, 1.165) is 23.4 Å². The van der Waals surface area contributed by atoms with E-state index in [4.69, 9.17) is 9.72 Å². The van der Waals surface area contributed by atoms with Crippen molar-refractivity contribution < 1.29 is 23.8 Å². The molecule has 0 aliphatic heterocycles. The van der Waals surface area contributed by atoms with Crippen LogP contribution in [0.3, 0.4) is 0 Å². The molecule has 0 radical (unpaired) electrons. The van der Waals surface area contributed by atoms with Crippen LogP contribution in [0, 0.1) is 11.7 Å². The Labute approximate surface area is 218 Å². The number of carbonyl (C=O) groups excluding carboxylic acids is 1. The Bertz CT molecular complexity index is 1490. The largest absolute Gasteiger partial charge is 0.481 e. The maximum Gasteiger partial charge on any atom is 0.321 e. The number of rotatable bonds is 7. The fourth-order valence-corrected chi connectivity index (χ4v) is 5.48. The average Bonchev–Trinajstić information content (AvgIpc) is 3.54. The lowest BCUT2D eigenvalue weighted by Crippen LogP contribution is -2.34. The lowest BCUT2D eigenvalue weighted by Gasteiger charge is -2.22. The van der Waals surface area contributed by atoms with Gasteiger partial charge in [0.15, 0.2) is 5.92 Å². The maximum absolute atomic E-state index is 15.2. The molecule has 2 heterocycles. The second-order valence-corrected chi connectivity index (χ2v) is 11.4. The van der Waals surface area contributed by atoms with Gasteiger partial charge in [-0.15, -0.1) is 0 Å². The second kappa shape index (κ2) is 9.34. The van der Waals surface area contributed by atoms with E-state index in [1.54, 1.807) is 32.9 Å². The number of hydrogen-bond acceptors (Lipinski definition) is 6. The number of halogens is 1. The number of aromatic nitrogens is 2. The van der Waals surface area contributed by atoms with E-state index in [0.29, 0.717) is 21.7 Å². The molecule has 0 spiro atoms. The third-order valence-corrected chi connectivity index (χ3v) is 7.51. The molecule has 5 rings (SSSR count). The zero-order valence-corrected chi connectivity index (χ0v) is 21.6. The molecular formula is C29H27FN2O4S. The van der Waals surface area contributed by atoms with Gasteiger partial charge in [-0.3, -0.25) is 9.59 Å². The van der Waals surface area contributed by atoms with Crippen LogP contribution in [0.2, 0.25) is 0 Å². The number of esters is 1. The van der Waals surface area contributed by atoms with E-state index < -0.39 is 29.3 Å². The highest BCUT2D eigenvalue weighted by atomic mass is 32.1. The van der Waals surface area contributed by atoms with Gasteiger partial charge in [-0.05, 0) is 75.4 Å². The fourth-order valence-electron chi connectivity index (χ4n) is 4.51. The first kappa shape index (κ1) is 25.0. The number of carboxylic acid groups (broad SMARTS) is 1. The first-order chi connectivity index (χ1) is 17.6. The predicted octanol–water partition coefficient (Wildman–Crippen LogP) is 6.16. The van der Waals surface area contributed by atoms with Crippen molar-refractivity contribution in [1.82, 2.24) is 9.97 Å². The smallest absolute Gasteiger partial charge is 0.321 e. The van der Waals surface area contributed by atoms with Crippen molar-refractivity contribution >= 4 is 33.6 Å². The molecule has 190 valence electrons. The topological polar surface area (TPSA) is 89.4 Å². The van der Waals surface area contributed by atoms with E-state index in [2.05, 4.69) is 17.1 Å². The van der Waals surface area contributed by atoms with Crippen LogP contribution in [0.15, 0.2) is 60.7 Å². The molecular weight excluding hydrogens is 491 g/mol. The summed E-state index contributed by atoms with van der Waals surface area (Å²) in [7, 11) is 0. The standard InChI is InChI=1S/C29H27FN2O4S/c1-28(2,3)36-27(35)20(26(33)34)15-17-9-10-19(21(30)16-17)24-31-22-11-12-23(32-25(22)37-24)29(13-14-29)18-7-5-4-6-8-18/h4-12,16,20H,13-15H2,1-3H3,(H,33,34). The van der Waals surface area contributed by atoms with E-state index in [1.807, 2.05) is 30.3 Å². The number of benzene rings is 2. The van der Waals surface area contributed by atoms with E-state index in [9.17, 15) is 14.7 Å². The van der Waals surface area contributed by atoms with Crippen molar-refractivity contribution in [3.8, 4) is 10.6 Å². The number of thiazole rings is 1. The summed E-state index contributed by atoms with van der Waals surface area (Å²) in [4.78, 5) is 34.3. The Balaban J connectivity index is 1.40. The second-order valence-electron chi connectivity index (χ2n) is 10.4. The van der Waals surface area contributed by atoms with Crippen LogP contribution in [0.4, 0.5) is 4.39 Å². The van der Waals surface area contributed by atoms with Crippen molar-refractivity contribution in [2.45, 2.75) is 51.0 Å². The van der Waals surface area contributed by atoms with E-state index >= 15 is 4.39 Å². The zero-order chi connectivity index (χ0) is 26.4. The van der Waals surface area contributed by atoms with Crippen LogP contribution < -0.4 is 0 Å². The minimum Gasteiger partial charge on any atom is -0.481 e.